The third-order valence-corrected chi connectivity index (χ3v) is 3.40. The third kappa shape index (κ3) is 3.89. The summed E-state index contributed by atoms with van der Waals surface area (Å²) >= 11 is 5.91. The Balaban J connectivity index is 0.00000180. The lowest BCUT2D eigenvalue weighted by atomic mass is 9.98. The number of hydrogen-bond donors (Lipinski definition) is 1. The van der Waals surface area contributed by atoms with Crippen molar-refractivity contribution < 1.29 is 0 Å². The van der Waals surface area contributed by atoms with Gasteiger partial charge in [-0.2, -0.15) is 0 Å². The van der Waals surface area contributed by atoms with Crippen molar-refractivity contribution in [2.45, 2.75) is 26.2 Å². The van der Waals surface area contributed by atoms with Gasteiger partial charge in [0, 0.05) is 16.3 Å². The minimum atomic E-state index is 0. The molecule has 0 saturated carbocycles. The summed E-state index contributed by atoms with van der Waals surface area (Å²) in [4.78, 5) is 0. The van der Waals surface area contributed by atoms with Gasteiger partial charge >= 0.3 is 0 Å². The summed E-state index contributed by atoms with van der Waals surface area (Å²) in [5.41, 5.74) is 10.6. The van der Waals surface area contributed by atoms with Crippen LogP contribution in [0.1, 0.15) is 25.3 Å². The minimum Gasteiger partial charge on any atom is -0.398 e. The maximum Gasteiger partial charge on any atom is 0.0426 e. The zero-order chi connectivity index (χ0) is 13.0. The Bertz CT molecular complexity index is 521. The summed E-state index contributed by atoms with van der Waals surface area (Å²) in [6, 6.07) is 14.1. The third-order valence-electron chi connectivity index (χ3n) is 3.15. The van der Waals surface area contributed by atoms with Crippen molar-refractivity contribution in [2.24, 2.45) is 0 Å². The Morgan fingerprint density at radius 1 is 1.05 bits per heavy atom. The SMILES string of the molecule is CCCCc1cccc(-c2ccc(Cl)cc2)c1N.Cl. The molecule has 0 aliphatic heterocycles. The number of para-hydroxylation sites is 1. The summed E-state index contributed by atoms with van der Waals surface area (Å²) in [5, 5.41) is 0.749. The lowest BCUT2D eigenvalue weighted by Gasteiger charge is -2.11. The molecule has 0 heterocycles. The molecule has 0 amide bonds. The van der Waals surface area contributed by atoms with E-state index in [9.17, 15) is 0 Å². The topological polar surface area (TPSA) is 26.0 Å². The minimum absolute atomic E-state index is 0. The molecule has 0 fully saturated rings. The standard InChI is InChI=1S/C16H18ClN.ClH/c1-2-3-5-13-6-4-7-15(16(13)18)12-8-10-14(17)11-9-12;/h4,6-11H,2-3,5,18H2,1H3;1H. The van der Waals surface area contributed by atoms with E-state index in [0.29, 0.717) is 0 Å². The van der Waals surface area contributed by atoms with Crippen LogP contribution in [0.2, 0.25) is 5.02 Å². The van der Waals surface area contributed by atoms with E-state index in [2.05, 4.69) is 25.1 Å². The normalized spacial score (nSPS) is 10.0. The molecular weight excluding hydrogens is 277 g/mol. The van der Waals surface area contributed by atoms with Crippen molar-refractivity contribution in [1.82, 2.24) is 0 Å². The Hall–Kier alpha value is -1.18. The van der Waals surface area contributed by atoms with Gasteiger partial charge in [-0.15, -0.1) is 12.4 Å². The molecule has 0 aromatic heterocycles. The van der Waals surface area contributed by atoms with Gasteiger partial charge in [-0.3, -0.25) is 0 Å². The zero-order valence-electron chi connectivity index (χ0n) is 11.0. The van der Waals surface area contributed by atoms with Crippen LogP contribution in [-0.2, 0) is 6.42 Å². The van der Waals surface area contributed by atoms with Gasteiger partial charge in [0.25, 0.3) is 0 Å². The molecule has 0 bridgehead atoms. The van der Waals surface area contributed by atoms with E-state index in [1.165, 1.54) is 18.4 Å². The first-order chi connectivity index (χ1) is 8.72. The Morgan fingerprint density at radius 3 is 2.37 bits per heavy atom. The molecule has 2 aromatic rings. The van der Waals surface area contributed by atoms with E-state index in [1.807, 2.05) is 24.3 Å². The highest BCUT2D eigenvalue weighted by Gasteiger charge is 2.06. The van der Waals surface area contributed by atoms with Crippen LogP contribution in [-0.4, -0.2) is 0 Å². The van der Waals surface area contributed by atoms with Gasteiger partial charge in [-0.1, -0.05) is 55.3 Å². The Labute approximate surface area is 126 Å². The maximum atomic E-state index is 6.26. The largest absolute Gasteiger partial charge is 0.398 e. The molecule has 0 radical (unpaired) electrons. The molecule has 2 rings (SSSR count). The quantitative estimate of drug-likeness (QED) is 0.756. The van der Waals surface area contributed by atoms with E-state index in [1.54, 1.807) is 0 Å². The van der Waals surface area contributed by atoms with Gasteiger partial charge in [0.1, 0.15) is 0 Å². The van der Waals surface area contributed by atoms with Crippen LogP contribution in [0.3, 0.4) is 0 Å². The number of unbranched alkanes of at least 4 members (excludes halogenated alkanes) is 1. The van der Waals surface area contributed by atoms with Crippen molar-refractivity contribution in [2.75, 3.05) is 5.73 Å². The maximum absolute atomic E-state index is 6.26. The van der Waals surface area contributed by atoms with E-state index in [4.69, 9.17) is 17.3 Å². The van der Waals surface area contributed by atoms with Crippen molar-refractivity contribution in [1.29, 1.82) is 0 Å². The van der Waals surface area contributed by atoms with Crippen LogP contribution in [0.5, 0.6) is 0 Å². The molecule has 0 spiro atoms. The fourth-order valence-electron chi connectivity index (χ4n) is 2.08. The number of halogens is 2. The highest BCUT2D eigenvalue weighted by Crippen LogP contribution is 2.30. The lowest BCUT2D eigenvalue weighted by Crippen LogP contribution is -1.97. The number of benzene rings is 2. The van der Waals surface area contributed by atoms with Gasteiger partial charge in [0.05, 0.1) is 0 Å². The first-order valence-corrected chi connectivity index (χ1v) is 6.73. The van der Waals surface area contributed by atoms with E-state index < -0.39 is 0 Å². The molecule has 0 aliphatic rings. The average Bonchev–Trinajstić information content (AvgIpc) is 2.39. The number of aryl methyl sites for hydroxylation is 1. The molecule has 2 N–H and O–H groups in total. The van der Waals surface area contributed by atoms with Crippen LogP contribution < -0.4 is 5.73 Å². The van der Waals surface area contributed by atoms with Crippen LogP contribution in [0.4, 0.5) is 5.69 Å². The summed E-state index contributed by atoms with van der Waals surface area (Å²) in [6.07, 6.45) is 3.41. The first kappa shape index (κ1) is 15.9. The number of rotatable bonds is 4. The second kappa shape index (κ2) is 7.42. The predicted octanol–water partition coefficient (Wildman–Crippen LogP) is 5.35. The van der Waals surface area contributed by atoms with Gasteiger partial charge < -0.3 is 5.73 Å². The summed E-state index contributed by atoms with van der Waals surface area (Å²) in [6.45, 7) is 2.19. The van der Waals surface area contributed by atoms with E-state index in [0.717, 1.165) is 28.3 Å². The molecule has 0 atom stereocenters. The molecular formula is C16H19Cl2N. The van der Waals surface area contributed by atoms with Gasteiger partial charge in [0.2, 0.25) is 0 Å². The van der Waals surface area contributed by atoms with Crippen molar-refractivity contribution >= 4 is 29.7 Å². The predicted molar refractivity (Wildman–Crippen MR) is 87.2 cm³/mol. The Morgan fingerprint density at radius 2 is 1.74 bits per heavy atom. The van der Waals surface area contributed by atoms with Gasteiger partial charge in [0.15, 0.2) is 0 Å². The number of nitrogen functional groups attached to an aromatic ring is 1. The molecule has 19 heavy (non-hydrogen) atoms. The highest BCUT2D eigenvalue weighted by molar-refractivity contribution is 6.30. The number of hydrogen-bond acceptors (Lipinski definition) is 1. The van der Waals surface area contributed by atoms with Gasteiger partial charge in [-0.05, 0) is 36.1 Å². The van der Waals surface area contributed by atoms with Gasteiger partial charge in [-0.25, -0.2) is 0 Å². The summed E-state index contributed by atoms with van der Waals surface area (Å²) in [5.74, 6) is 0. The second-order valence-corrected chi connectivity index (χ2v) is 4.93. The molecule has 1 nitrogen and oxygen atoms in total. The molecule has 102 valence electrons. The number of anilines is 1. The summed E-state index contributed by atoms with van der Waals surface area (Å²) < 4.78 is 0. The van der Waals surface area contributed by atoms with Crippen LogP contribution in [0.25, 0.3) is 11.1 Å². The molecule has 0 unspecified atom stereocenters. The van der Waals surface area contributed by atoms with Crippen molar-refractivity contribution in [3.63, 3.8) is 0 Å². The zero-order valence-corrected chi connectivity index (χ0v) is 12.6. The lowest BCUT2D eigenvalue weighted by molar-refractivity contribution is 0.796. The van der Waals surface area contributed by atoms with Crippen molar-refractivity contribution in [3.05, 3.63) is 53.1 Å². The fourth-order valence-corrected chi connectivity index (χ4v) is 2.21. The fraction of sp³-hybridized carbons (Fsp3) is 0.250. The van der Waals surface area contributed by atoms with Crippen LogP contribution >= 0.6 is 24.0 Å². The first-order valence-electron chi connectivity index (χ1n) is 6.35. The van der Waals surface area contributed by atoms with E-state index in [-0.39, 0.29) is 12.4 Å². The number of nitrogens with two attached hydrogens (primary N) is 1. The molecule has 2 aromatic carbocycles. The smallest absolute Gasteiger partial charge is 0.0426 e. The summed E-state index contributed by atoms with van der Waals surface area (Å²) in [7, 11) is 0. The molecule has 3 heteroatoms. The molecule has 0 saturated heterocycles. The van der Waals surface area contributed by atoms with Crippen molar-refractivity contribution in [3.8, 4) is 11.1 Å². The monoisotopic (exact) mass is 295 g/mol. The average molecular weight is 296 g/mol. The van der Waals surface area contributed by atoms with Crippen LogP contribution in [0, 0.1) is 0 Å². The highest BCUT2D eigenvalue weighted by atomic mass is 35.5. The van der Waals surface area contributed by atoms with E-state index >= 15 is 0 Å². The molecule has 0 aliphatic carbocycles. The van der Waals surface area contributed by atoms with Crippen LogP contribution in [0.15, 0.2) is 42.5 Å². The second-order valence-electron chi connectivity index (χ2n) is 4.49. The Kier molecular flexibility index (Phi) is 6.20.